The summed E-state index contributed by atoms with van der Waals surface area (Å²) in [5.74, 6) is 0.234. The van der Waals surface area contributed by atoms with E-state index in [1.165, 1.54) is 0 Å². The highest BCUT2D eigenvalue weighted by molar-refractivity contribution is 7.93. The Morgan fingerprint density at radius 3 is 2.91 bits per heavy atom. The van der Waals surface area contributed by atoms with Gasteiger partial charge in [-0.25, -0.2) is 18.4 Å². The fourth-order valence-electron chi connectivity index (χ4n) is 2.51. The Kier molecular flexibility index (Phi) is 3.28. The largest absolute Gasteiger partial charge is 0.346 e. The zero-order valence-electron chi connectivity index (χ0n) is 12.0. The first-order valence-corrected chi connectivity index (χ1v) is 9.07. The third kappa shape index (κ3) is 2.77. The number of nitrogens with zero attached hydrogens (tertiary/aromatic N) is 2. The molecule has 1 aliphatic rings. The van der Waals surface area contributed by atoms with Crippen molar-refractivity contribution in [3.05, 3.63) is 41.8 Å². The minimum Gasteiger partial charge on any atom is -0.346 e. The van der Waals surface area contributed by atoms with E-state index in [0.717, 1.165) is 22.2 Å². The molecule has 0 bridgehead atoms. The summed E-state index contributed by atoms with van der Waals surface area (Å²) >= 11 is 6.07. The van der Waals surface area contributed by atoms with Crippen LogP contribution >= 0.6 is 11.6 Å². The van der Waals surface area contributed by atoms with Crippen molar-refractivity contribution in [3.8, 4) is 11.1 Å². The summed E-state index contributed by atoms with van der Waals surface area (Å²) in [6, 6.07) is 7.17. The van der Waals surface area contributed by atoms with Crippen LogP contribution < -0.4 is 4.72 Å². The lowest BCUT2D eigenvalue weighted by atomic mass is 10.1. The number of hydrogen-bond donors (Lipinski definition) is 2. The summed E-state index contributed by atoms with van der Waals surface area (Å²) in [6.45, 7) is 0. The highest BCUT2D eigenvalue weighted by atomic mass is 35.5. The second kappa shape index (κ2) is 5.21. The number of fused-ring (bicyclic) bond motifs is 1. The fraction of sp³-hybridized carbons (Fsp3) is 0.200. The number of H-pyrrole nitrogens is 1. The molecule has 0 aromatic carbocycles. The van der Waals surface area contributed by atoms with Gasteiger partial charge in [0.25, 0.3) is 0 Å². The second-order valence-electron chi connectivity index (χ2n) is 5.51. The molecule has 118 valence electrons. The topological polar surface area (TPSA) is 87.7 Å². The molecule has 0 aliphatic heterocycles. The number of sulfonamides is 1. The van der Waals surface area contributed by atoms with E-state index in [1.54, 1.807) is 18.3 Å². The van der Waals surface area contributed by atoms with E-state index in [4.69, 9.17) is 11.6 Å². The molecule has 0 saturated heterocycles. The Hall–Kier alpha value is -2.12. The highest BCUT2D eigenvalue weighted by Crippen LogP contribution is 2.33. The summed E-state index contributed by atoms with van der Waals surface area (Å²) in [5, 5.41) is 0.851. The molecule has 6 nitrogen and oxygen atoms in total. The quantitative estimate of drug-likeness (QED) is 0.709. The van der Waals surface area contributed by atoms with Gasteiger partial charge in [0.15, 0.2) is 0 Å². The monoisotopic (exact) mass is 348 g/mol. The fourth-order valence-corrected chi connectivity index (χ4v) is 4.03. The van der Waals surface area contributed by atoms with E-state index in [0.29, 0.717) is 12.8 Å². The van der Waals surface area contributed by atoms with Crippen LogP contribution in [0.2, 0.25) is 5.15 Å². The van der Waals surface area contributed by atoms with Crippen LogP contribution in [0.4, 0.5) is 5.82 Å². The van der Waals surface area contributed by atoms with Crippen molar-refractivity contribution in [2.24, 2.45) is 0 Å². The molecule has 23 heavy (non-hydrogen) atoms. The highest BCUT2D eigenvalue weighted by Gasteiger charge is 2.36. The molecule has 1 saturated carbocycles. The lowest BCUT2D eigenvalue weighted by Gasteiger charge is -2.08. The maximum absolute atomic E-state index is 12.1. The van der Waals surface area contributed by atoms with Gasteiger partial charge in [-0.05, 0) is 42.7 Å². The van der Waals surface area contributed by atoms with E-state index >= 15 is 0 Å². The van der Waals surface area contributed by atoms with E-state index < -0.39 is 10.0 Å². The molecule has 4 rings (SSSR count). The normalized spacial score (nSPS) is 15.0. The number of pyridine rings is 2. The van der Waals surface area contributed by atoms with Gasteiger partial charge in [-0.1, -0.05) is 11.6 Å². The van der Waals surface area contributed by atoms with Crippen molar-refractivity contribution < 1.29 is 8.42 Å². The number of anilines is 1. The molecule has 3 aromatic rings. The van der Waals surface area contributed by atoms with Gasteiger partial charge in [-0.15, -0.1) is 0 Å². The molecule has 1 fully saturated rings. The molecule has 3 heterocycles. The molecule has 0 unspecified atom stereocenters. The maximum atomic E-state index is 12.1. The predicted molar refractivity (Wildman–Crippen MR) is 89.9 cm³/mol. The van der Waals surface area contributed by atoms with Crippen molar-refractivity contribution in [1.82, 2.24) is 15.0 Å². The third-order valence-corrected chi connectivity index (χ3v) is 5.80. The Balaban J connectivity index is 1.77. The van der Waals surface area contributed by atoms with Crippen molar-refractivity contribution in [3.63, 3.8) is 0 Å². The van der Waals surface area contributed by atoms with Crippen molar-refractivity contribution in [2.45, 2.75) is 18.1 Å². The Morgan fingerprint density at radius 1 is 1.30 bits per heavy atom. The predicted octanol–water partition coefficient (Wildman–Crippen LogP) is 3.18. The molecule has 0 spiro atoms. The van der Waals surface area contributed by atoms with Gasteiger partial charge in [0, 0.05) is 23.3 Å². The van der Waals surface area contributed by atoms with Crippen molar-refractivity contribution >= 4 is 38.5 Å². The number of aromatic nitrogens is 3. The molecule has 2 N–H and O–H groups in total. The van der Waals surface area contributed by atoms with Gasteiger partial charge in [0.05, 0.1) is 5.25 Å². The first-order valence-electron chi connectivity index (χ1n) is 7.15. The summed E-state index contributed by atoms with van der Waals surface area (Å²) in [7, 11) is -3.38. The first-order chi connectivity index (χ1) is 11.0. The number of hydrogen-bond acceptors (Lipinski definition) is 4. The molecule has 3 aromatic heterocycles. The number of rotatable bonds is 4. The molecular formula is C15H13ClN4O2S. The zero-order valence-corrected chi connectivity index (χ0v) is 13.5. The summed E-state index contributed by atoms with van der Waals surface area (Å²) < 4.78 is 26.7. The van der Waals surface area contributed by atoms with Crippen LogP contribution in [0, 0.1) is 0 Å². The average Bonchev–Trinajstić information content (AvgIpc) is 3.27. The molecule has 1 aliphatic carbocycles. The lowest BCUT2D eigenvalue weighted by Crippen LogP contribution is -2.18. The molecule has 0 atom stereocenters. The maximum Gasteiger partial charge on any atom is 0.236 e. The third-order valence-electron chi connectivity index (χ3n) is 3.77. The van der Waals surface area contributed by atoms with Crippen LogP contribution in [0.5, 0.6) is 0 Å². The van der Waals surface area contributed by atoms with Gasteiger partial charge < -0.3 is 4.98 Å². The van der Waals surface area contributed by atoms with E-state index in [-0.39, 0.29) is 16.2 Å². The van der Waals surface area contributed by atoms with Crippen LogP contribution in [0.3, 0.4) is 0 Å². The zero-order chi connectivity index (χ0) is 16.0. The standard InChI is InChI=1S/C15H13ClN4O2S/c16-13-6-9(12-8-18-15-11(12)2-1-5-17-15)7-14(19-13)20-23(21,22)10-3-4-10/h1-2,5-8,10H,3-4H2,(H,17,18)(H,19,20). The summed E-state index contributed by atoms with van der Waals surface area (Å²) in [4.78, 5) is 11.4. The molecule has 0 radical (unpaired) electrons. The van der Waals surface area contributed by atoms with Gasteiger partial charge in [-0.3, -0.25) is 4.72 Å². The first kappa shape index (κ1) is 14.5. The minimum absolute atomic E-state index is 0.231. The van der Waals surface area contributed by atoms with Crippen LogP contribution in [-0.4, -0.2) is 28.6 Å². The van der Waals surface area contributed by atoms with E-state index in [2.05, 4.69) is 19.7 Å². The Bertz CT molecular complexity index is 996. The van der Waals surface area contributed by atoms with Gasteiger partial charge in [0.2, 0.25) is 10.0 Å². The van der Waals surface area contributed by atoms with Crippen molar-refractivity contribution in [2.75, 3.05) is 4.72 Å². The van der Waals surface area contributed by atoms with Crippen molar-refractivity contribution in [1.29, 1.82) is 0 Å². The molecule has 8 heteroatoms. The number of aromatic amines is 1. The Morgan fingerprint density at radius 2 is 2.13 bits per heavy atom. The van der Waals surface area contributed by atoms with Crippen LogP contribution in [0.1, 0.15) is 12.8 Å². The van der Waals surface area contributed by atoms with E-state index in [1.807, 2.05) is 18.3 Å². The number of halogens is 1. The van der Waals surface area contributed by atoms with E-state index in [9.17, 15) is 8.42 Å². The molecule has 0 amide bonds. The summed E-state index contributed by atoms with van der Waals surface area (Å²) in [6.07, 6.45) is 4.91. The Labute approximate surface area is 138 Å². The SMILES string of the molecule is O=S(=O)(Nc1cc(-c2c[nH]c3ncccc23)cc(Cl)n1)C1CC1. The van der Waals surface area contributed by atoms with Crippen LogP contribution in [0.25, 0.3) is 22.2 Å². The lowest BCUT2D eigenvalue weighted by molar-refractivity contribution is 0.600. The van der Waals surface area contributed by atoms with Crippen LogP contribution in [-0.2, 0) is 10.0 Å². The van der Waals surface area contributed by atoms with Gasteiger partial charge in [0.1, 0.15) is 16.6 Å². The minimum atomic E-state index is -3.38. The smallest absolute Gasteiger partial charge is 0.236 e. The van der Waals surface area contributed by atoms with Gasteiger partial charge in [-0.2, -0.15) is 0 Å². The van der Waals surface area contributed by atoms with Gasteiger partial charge >= 0.3 is 0 Å². The average molecular weight is 349 g/mol. The second-order valence-corrected chi connectivity index (χ2v) is 7.86. The summed E-state index contributed by atoms with van der Waals surface area (Å²) in [5.41, 5.74) is 2.43. The van der Waals surface area contributed by atoms with Crippen LogP contribution in [0.15, 0.2) is 36.7 Å². The molecular weight excluding hydrogens is 336 g/mol. The number of nitrogens with one attached hydrogen (secondary N) is 2.